The monoisotopic (exact) mass is 306 g/mol. The van der Waals surface area contributed by atoms with Gasteiger partial charge in [-0.25, -0.2) is 4.79 Å². The van der Waals surface area contributed by atoms with Gasteiger partial charge in [-0.3, -0.25) is 4.99 Å². The number of ether oxygens (including phenoxy) is 1. The van der Waals surface area contributed by atoms with Gasteiger partial charge < -0.3 is 9.30 Å². The molecule has 1 aromatic heterocycles. The number of carbonyl (C=O) groups is 1. The van der Waals surface area contributed by atoms with Crippen LogP contribution in [0.2, 0.25) is 0 Å². The maximum Gasteiger partial charge on any atom is 0.340 e. The molecule has 116 valence electrons. The van der Waals surface area contributed by atoms with Crippen LogP contribution in [0.1, 0.15) is 21.6 Å². The van der Waals surface area contributed by atoms with E-state index in [1.807, 2.05) is 37.5 Å². The molecule has 4 heteroatoms. The van der Waals surface area contributed by atoms with Crippen LogP contribution in [-0.2, 0) is 11.8 Å². The summed E-state index contributed by atoms with van der Waals surface area (Å²) in [5.41, 5.74) is 4.41. The number of carbonyl (C=O) groups excluding carboxylic acids is 1. The summed E-state index contributed by atoms with van der Waals surface area (Å²) in [6.07, 6.45) is 1.82. The lowest BCUT2D eigenvalue weighted by atomic mass is 10.1. The second-order valence-electron chi connectivity index (χ2n) is 5.34. The zero-order valence-corrected chi connectivity index (χ0v) is 13.4. The molecule has 0 aliphatic rings. The van der Waals surface area contributed by atoms with Gasteiger partial charge >= 0.3 is 5.97 Å². The number of rotatable bonds is 3. The Morgan fingerprint density at radius 3 is 2.61 bits per heavy atom. The molecule has 0 fully saturated rings. The third-order valence-electron chi connectivity index (χ3n) is 4.09. The van der Waals surface area contributed by atoms with Crippen molar-refractivity contribution in [3.8, 4) is 0 Å². The van der Waals surface area contributed by atoms with Crippen molar-refractivity contribution in [1.29, 1.82) is 0 Å². The lowest BCUT2D eigenvalue weighted by molar-refractivity contribution is 0.0601. The Kier molecular flexibility index (Phi) is 3.98. The van der Waals surface area contributed by atoms with Crippen molar-refractivity contribution in [3.05, 3.63) is 65.4 Å². The second kappa shape index (κ2) is 6.08. The Balaban J connectivity index is 2.09. The lowest BCUT2D eigenvalue weighted by Crippen LogP contribution is -2.01. The number of hydrogen-bond acceptors (Lipinski definition) is 3. The van der Waals surface area contributed by atoms with E-state index in [1.54, 1.807) is 12.1 Å². The predicted octanol–water partition coefficient (Wildman–Crippen LogP) is 4.02. The highest BCUT2D eigenvalue weighted by atomic mass is 16.5. The fourth-order valence-electron chi connectivity index (χ4n) is 2.72. The van der Waals surface area contributed by atoms with Gasteiger partial charge in [-0.1, -0.05) is 30.3 Å². The van der Waals surface area contributed by atoms with Crippen molar-refractivity contribution in [2.24, 2.45) is 12.0 Å². The highest BCUT2D eigenvalue weighted by Crippen LogP contribution is 2.25. The summed E-state index contributed by atoms with van der Waals surface area (Å²) in [7, 11) is 3.41. The van der Waals surface area contributed by atoms with Crippen LogP contribution in [0.15, 0.2) is 53.5 Å². The molecule has 0 atom stereocenters. The average molecular weight is 306 g/mol. The normalized spacial score (nSPS) is 11.3. The molecule has 0 bridgehead atoms. The number of methoxy groups -OCH3 is 1. The fraction of sp³-hybridized carbons (Fsp3) is 0.158. The molecule has 0 spiro atoms. The van der Waals surface area contributed by atoms with Crippen LogP contribution in [0.3, 0.4) is 0 Å². The van der Waals surface area contributed by atoms with Gasteiger partial charge in [0.1, 0.15) is 0 Å². The minimum atomic E-state index is -0.382. The molecule has 0 amide bonds. The SMILES string of the molecule is COC(=O)c1ccccc1N=Cc1c(C)n(C)c2ccccc12. The highest BCUT2D eigenvalue weighted by molar-refractivity contribution is 6.03. The molecule has 3 rings (SSSR count). The Morgan fingerprint density at radius 2 is 1.83 bits per heavy atom. The molecule has 0 N–H and O–H groups in total. The minimum absolute atomic E-state index is 0.382. The summed E-state index contributed by atoms with van der Waals surface area (Å²) in [4.78, 5) is 16.4. The number of para-hydroxylation sites is 2. The minimum Gasteiger partial charge on any atom is -0.465 e. The smallest absolute Gasteiger partial charge is 0.340 e. The molecule has 0 aliphatic heterocycles. The maximum atomic E-state index is 11.8. The largest absolute Gasteiger partial charge is 0.465 e. The van der Waals surface area contributed by atoms with Gasteiger partial charge in [0.2, 0.25) is 0 Å². The van der Waals surface area contributed by atoms with E-state index in [4.69, 9.17) is 4.74 Å². The van der Waals surface area contributed by atoms with Crippen LogP contribution in [0.5, 0.6) is 0 Å². The molecule has 0 radical (unpaired) electrons. The number of aryl methyl sites for hydroxylation is 1. The number of esters is 1. The van der Waals surface area contributed by atoms with Gasteiger partial charge in [0, 0.05) is 35.4 Å². The van der Waals surface area contributed by atoms with Crippen LogP contribution < -0.4 is 0 Å². The summed E-state index contributed by atoms with van der Waals surface area (Å²) in [6.45, 7) is 2.06. The highest BCUT2D eigenvalue weighted by Gasteiger charge is 2.12. The van der Waals surface area contributed by atoms with Gasteiger partial charge in [0.25, 0.3) is 0 Å². The van der Waals surface area contributed by atoms with E-state index >= 15 is 0 Å². The predicted molar refractivity (Wildman–Crippen MR) is 92.7 cm³/mol. The van der Waals surface area contributed by atoms with Crippen LogP contribution in [-0.4, -0.2) is 23.9 Å². The molecule has 0 unspecified atom stereocenters. The first kappa shape index (κ1) is 15.0. The first-order valence-corrected chi connectivity index (χ1v) is 7.39. The van der Waals surface area contributed by atoms with Crippen molar-refractivity contribution in [2.75, 3.05) is 7.11 Å². The van der Waals surface area contributed by atoms with Gasteiger partial charge in [-0.05, 0) is 25.1 Å². The summed E-state index contributed by atoms with van der Waals surface area (Å²) in [5, 5.41) is 1.15. The average Bonchev–Trinajstić information content (AvgIpc) is 2.84. The number of aromatic nitrogens is 1. The third-order valence-corrected chi connectivity index (χ3v) is 4.09. The van der Waals surface area contributed by atoms with Crippen molar-refractivity contribution < 1.29 is 9.53 Å². The molecular weight excluding hydrogens is 288 g/mol. The van der Waals surface area contributed by atoms with Crippen LogP contribution in [0.25, 0.3) is 10.9 Å². The molecule has 0 aliphatic carbocycles. The fourth-order valence-corrected chi connectivity index (χ4v) is 2.72. The molecule has 4 nitrogen and oxygen atoms in total. The van der Waals surface area contributed by atoms with E-state index in [0.29, 0.717) is 11.3 Å². The zero-order chi connectivity index (χ0) is 16.4. The molecular formula is C19H18N2O2. The van der Waals surface area contributed by atoms with Crippen molar-refractivity contribution in [3.63, 3.8) is 0 Å². The lowest BCUT2D eigenvalue weighted by Gasteiger charge is -2.03. The summed E-state index contributed by atoms with van der Waals surface area (Å²) in [5.74, 6) is -0.382. The van der Waals surface area contributed by atoms with E-state index in [-0.39, 0.29) is 5.97 Å². The van der Waals surface area contributed by atoms with Crippen LogP contribution in [0, 0.1) is 6.92 Å². The first-order chi connectivity index (χ1) is 11.1. The number of fused-ring (bicyclic) bond motifs is 1. The Bertz CT molecular complexity index is 907. The molecule has 23 heavy (non-hydrogen) atoms. The summed E-state index contributed by atoms with van der Waals surface area (Å²) in [6, 6.07) is 15.4. The topological polar surface area (TPSA) is 43.6 Å². The molecule has 3 aromatic rings. The van der Waals surface area contributed by atoms with Gasteiger partial charge in [0.15, 0.2) is 0 Å². The number of benzene rings is 2. The third kappa shape index (κ3) is 2.63. The van der Waals surface area contributed by atoms with Gasteiger partial charge in [-0.2, -0.15) is 0 Å². The maximum absolute atomic E-state index is 11.8. The molecule has 2 aromatic carbocycles. The zero-order valence-electron chi connectivity index (χ0n) is 13.4. The van der Waals surface area contributed by atoms with Crippen LogP contribution in [0.4, 0.5) is 5.69 Å². The van der Waals surface area contributed by atoms with Crippen LogP contribution >= 0.6 is 0 Å². The van der Waals surface area contributed by atoms with E-state index in [1.165, 1.54) is 7.11 Å². The quantitative estimate of drug-likeness (QED) is 0.542. The van der Waals surface area contributed by atoms with Crippen molar-refractivity contribution >= 4 is 28.8 Å². The molecule has 0 saturated carbocycles. The van der Waals surface area contributed by atoms with E-state index in [9.17, 15) is 4.79 Å². The van der Waals surface area contributed by atoms with Crippen molar-refractivity contribution in [1.82, 2.24) is 4.57 Å². The van der Waals surface area contributed by atoms with E-state index in [2.05, 4.69) is 28.6 Å². The second-order valence-corrected chi connectivity index (χ2v) is 5.34. The standard InChI is InChI=1S/C19H18N2O2/c1-13-16(14-8-5-7-11-18(14)21(13)2)12-20-17-10-6-4-9-15(17)19(22)23-3/h4-12H,1-3H3. The Labute approximate surface area is 135 Å². The molecule has 1 heterocycles. The van der Waals surface area contributed by atoms with Crippen molar-refractivity contribution in [2.45, 2.75) is 6.92 Å². The number of hydrogen-bond donors (Lipinski definition) is 0. The number of nitrogens with zero attached hydrogens (tertiary/aromatic N) is 2. The number of aliphatic imine (C=N–C) groups is 1. The molecule has 0 saturated heterocycles. The van der Waals surface area contributed by atoms with E-state index < -0.39 is 0 Å². The van der Waals surface area contributed by atoms with Gasteiger partial charge in [0.05, 0.1) is 18.4 Å². The Hall–Kier alpha value is -2.88. The summed E-state index contributed by atoms with van der Waals surface area (Å²) < 4.78 is 6.95. The Morgan fingerprint density at radius 1 is 1.13 bits per heavy atom. The first-order valence-electron chi connectivity index (χ1n) is 7.39. The van der Waals surface area contributed by atoms with Gasteiger partial charge in [-0.15, -0.1) is 0 Å². The summed E-state index contributed by atoms with van der Waals surface area (Å²) >= 11 is 0. The van der Waals surface area contributed by atoms with E-state index in [0.717, 1.165) is 22.2 Å².